The lowest BCUT2D eigenvalue weighted by molar-refractivity contribution is 0.734. The van der Waals surface area contributed by atoms with Crippen molar-refractivity contribution >= 4 is 54.5 Å². The van der Waals surface area contributed by atoms with E-state index in [9.17, 15) is 0 Å². The van der Waals surface area contributed by atoms with Gasteiger partial charge >= 0.3 is 0 Å². The number of nitrogens with two attached hydrogens (primary N) is 1. The molecule has 0 aromatic heterocycles. The van der Waals surface area contributed by atoms with Crippen LogP contribution in [0.4, 0.5) is 11.4 Å². The van der Waals surface area contributed by atoms with Gasteiger partial charge in [-0.3, -0.25) is 0 Å². The minimum absolute atomic E-state index is 0.375. The van der Waals surface area contributed by atoms with Gasteiger partial charge in [0.15, 0.2) is 0 Å². The second kappa shape index (κ2) is 14.0. The summed E-state index contributed by atoms with van der Waals surface area (Å²) in [4.78, 5) is 2.23. The van der Waals surface area contributed by atoms with Crippen molar-refractivity contribution in [3.63, 3.8) is 0 Å². The van der Waals surface area contributed by atoms with Crippen molar-refractivity contribution < 1.29 is 0 Å². The van der Waals surface area contributed by atoms with Gasteiger partial charge in [0.05, 0.1) is 0 Å². The molecule has 0 amide bonds. The maximum Gasteiger partial charge on any atom is 0.108 e. The Hall–Kier alpha value is -7.00. The Morgan fingerprint density at radius 2 is 0.857 bits per heavy atom. The molecule has 56 heavy (non-hydrogen) atoms. The van der Waals surface area contributed by atoms with Crippen molar-refractivity contribution in [2.24, 2.45) is 5.73 Å². The number of hydrogen-bond donors (Lipinski definition) is 1. The van der Waals surface area contributed by atoms with Crippen LogP contribution in [0.1, 0.15) is 17.3 Å². The molecule has 2 nitrogen and oxygen atoms in total. The Balaban J connectivity index is 1.15. The van der Waals surface area contributed by atoms with E-state index in [0.29, 0.717) is 0 Å². The van der Waals surface area contributed by atoms with Crippen LogP contribution in [-0.4, -0.2) is 0 Å². The molecule has 1 unspecified atom stereocenters. The zero-order valence-electron chi connectivity index (χ0n) is 31.2. The molecule has 10 rings (SSSR count). The van der Waals surface area contributed by atoms with Gasteiger partial charge in [0.1, 0.15) is 6.17 Å². The van der Waals surface area contributed by atoms with Gasteiger partial charge in [0.25, 0.3) is 0 Å². The maximum absolute atomic E-state index is 7.14. The van der Waals surface area contributed by atoms with Crippen LogP contribution in [0.5, 0.6) is 0 Å². The summed E-state index contributed by atoms with van der Waals surface area (Å²) in [6.45, 7) is 2.14. The summed E-state index contributed by atoms with van der Waals surface area (Å²) in [6, 6.07) is 74.6. The average molecular weight is 717 g/mol. The lowest BCUT2D eigenvalue weighted by atomic mass is 9.84. The van der Waals surface area contributed by atoms with Gasteiger partial charge in [-0.25, -0.2) is 0 Å². The summed E-state index contributed by atoms with van der Waals surface area (Å²) >= 11 is 0. The van der Waals surface area contributed by atoms with E-state index in [1.165, 1.54) is 76.5 Å². The number of hydrogen-bond acceptors (Lipinski definition) is 2. The Morgan fingerprint density at radius 3 is 1.48 bits per heavy atom. The maximum atomic E-state index is 7.14. The molecule has 2 heteroatoms. The zero-order chi connectivity index (χ0) is 37.6. The van der Waals surface area contributed by atoms with E-state index < -0.39 is 0 Å². The van der Waals surface area contributed by atoms with Crippen molar-refractivity contribution in [2.45, 2.75) is 13.1 Å². The lowest BCUT2D eigenvalue weighted by Crippen LogP contribution is -2.31. The number of benzene rings is 10. The molecular weight excluding hydrogens is 677 g/mol. The van der Waals surface area contributed by atoms with Crippen LogP contribution in [0, 0.1) is 6.92 Å². The van der Waals surface area contributed by atoms with Gasteiger partial charge in [-0.2, -0.15) is 0 Å². The first-order valence-electron chi connectivity index (χ1n) is 19.3. The van der Waals surface area contributed by atoms with Crippen molar-refractivity contribution in [2.75, 3.05) is 4.90 Å². The minimum Gasteiger partial charge on any atom is -0.321 e. The second-order valence-corrected chi connectivity index (χ2v) is 14.7. The predicted octanol–water partition coefficient (Wildman–Crippen LogP) is 14.4. The highest BCUT2D eigenvalue weighted by atomic mass is 15.2. The molecule has 0 saturated heterocycles. The smallest absolute Gasteiger partial charge is 0.108 e. The van der Waals surface area contributed by atoms with Crippen LogP contribution in [0.3, 0.4) is 0 Å². The summed E-state index contributed by atoms with van der Waals surface area (Å²) in [6.07, 6.45) is -0.375. The highest BCUT2D eigenvalue weighted by molar-refractivity contribution is 6.22. The normalized spacial score (nSPS) is 12.0. The lowest BCUT2D eigenvalue weighted by Gasteiger charge is -2.32. The fraction of sp³-hybridized carbons (Fsp3) is 0.0370. The predicted molar refractivity (Wildman–Crippen MR) is 239 cm³/mol. The monoisotopic (exact) mass is 716 g/mol. The van der Waals surface area contributed by atoms with Gasteiger partial charge in [0.2, 0.25) is 0 Å². The van der Waals surface area contributed by atoms with E-state index in [4.69, 9.17) is 5.73 Å². The number of nitrogens with zero attached hydrogens (tertiary/aromatic N) is 1. The minimum atomic E-state index is -0.375. The summed E-state index contributed by atoms with van der Waals surface area (Å²) in [5, 5.41) is 9.92. The molecule has 0 aliphatic carbocycles. The van der Waals surface area contributed by atoms with E-state index in [2.05, 4.69) is 212 Å². The van der Waals surface area contributed by atoms with Crippen LogP contribution < -0.4 is 10.6 Å². The summed E-state index contributed by atoms with van der Waals surface area (Å²) in [5.74, 6) is 0. The van der Waals surface area contributed by atoms with E-state index >= 15 is 0 Å². The quantitative estimate of drug-likeness (QED) is 0.131. The standard InChI is InChI=1S/C54H40N2/c1-36-13-5-12-22-51(36)56(46-18-3-2-4-19-46)54(55)40-27-23-39(24-28-40)43-31-32-49-50(35-43)53(45-30-26-38-15-7-9-17-42(38)34-45)48-21-11-10-20-47(48)52(49)44-29-25-37-14-6-8-16-41(37)33-44/h2-35,54H,55H2,1H3. The fourth-order valence-corrected chi connectivity index (χ4v) is 8.56. The van der Waals surface area contributed by atoms with Crippen LogP contribution >= 0.6 is 0 Å². The Morgan fingerprint density at radius 1 is 0.375 bits per heavy atom. The largest absolute Gasteiger partial charge is 0.321 e. The van der Waals surface area contributed by atoms with Crippen molar-refractivity contribution in [1.29, 1.82) is 0 Å². The highest BCUT2D eigenvalue weighted by Crippen LogP contribution is 2.46. The van der Waals surface area contributed by atoms with Crippen LogP contribution in [-0.2, 0) is 0 Å². The third kappa shape index (κ3) is 5.88. The molecule has 10 aromatic rings. The van der Waals surface area contributed by atoms with Gasteiger partial charge in [-0.1, -0.05) is 170 Å². The molecule has 0 radical (unpaired) electrons. The van der Waals surface area contributed by atoms with Crippen molar-refractivity contribution in [3.05, 3.63) is 217 Å². The third-order valence-corrected chi connectivity index (χ3v) is 11.4. The molecule has 0 spiro atoms. The van der Waals surface area contributed by atoms with E-state index in [1.807, 2.05) is 6.07 Å². The first-order valence-corrected chi connectivity index (χ1v) is 19.3. The average Bonchev–Trinajstić information content (AvgIpc) is 3.26. The van der Waals surface area contributed by atoms with Crippen LogP contribution in [0.15, 0.2) is 206 Å². The Labute approximate surface area is 327 Å². The molecule has 0 aliphatic heterocycles. The second-order valence-electron chi connectivity index (χ2n) is 14.7. The number of anilines is 2. The molecule has 1 atom stereocenters. The molecule has 0 heterocycles. The van der Waals surface area contributed by atoms with Crippen molar-refractivity contribution in [3.8, 4) is 33.4 Å². The first-order chi connectivity index (χ1) is 27.6. The number of fused-ring (bicyclic) bond motifs is 4. The van der Waals surface area contributed by atoms with Gasteiger partial charge < -0.3 is 10.6 Å². The molecule has 10 aromatic carbocycles. The summed E-state index contributed by atoms with van der Waals surface area (Å²) in [7, 11) is 0. The van der Waals surface area contributed by atoms with E-state index in [1.54, 1.807) is 0 Å². The SMILES string of the molecule is Cc1ccccc1N(c1ccccc1)C(N)c1ccc(-c2ccc3c(-c4ccc5ccccc5c4)c4ccccc4c(-c4ccc5ccccc5c4)c3c2)cc1. The third-order valence-electron chi connectivity index (χ3n) is 11.4. The molecule has 266 valence electrons. The first kappa shape index (κ1) is 33.6. The number of para-hydroxylation sites is 2. The summed E-state index contributed by atoms with van der Waals surface area (Å²) in [5.41, 5.74) is 18.8. The molecule has 0 bridgehead atoms. The molecule has 2 N–H and O–H groups in total. The Bertz CT molecular complexity index is 3050. The molecule has 0 fully saturated rings. The molecule has 0 aliphatic rings. The van der Waals surface area contributed by atoms with Gasteiger partial charge in [-0.15, -0.1) is 0 Å². The van der Waals surface area contributed by atoms with E-state index in [-0.39, 0.29) is 6.17 Å². The van der Waals surface area contributed by atoms with Crippen molar-refractivity contribution in [1.82, 2.24) is 0 Å². The fourth-order valence-electron chi connectivity index (χ4n) is 8.56. The number of rotatable bonds is 7. The molecular formula is C54H40N2. The Kier molecular flexibility index (Phi) is 8.40. The zero-order valence-corrected chi connectivity index (χ0v) is 31.2. The topological polar surface area (TPSA) is 29.3 Å². The molecule has 0 saturated carbocycles. The van der Waals surface area contributed by atoms with Gasteiger partial charge in [-0.05, 0) is 131 Å². The van der Waals surface area contributed by atoms with Gasteiger partial charge in [0, 0.05) is 11.4 Å². The highest BCUT2D eigenvalue weighted by Gasteiger charge is 2.22. The number of aryl methyl sites for hydroxylation is 1. The summed E-state index contributed by atoms with van der Waals surface area (Å²) < 4.78 is 0. The van der Waals surface area contributed by atoms with E-state index in [0.717, 1.165) is 22.5 Å². The van der Waals surface area contributed by atoms with Crippen LogP contribution in [0.2, 0.25) is 0 Å². The van der Waals surface area contributed by atoms with Crippen LogP contribution in [0.25, 0.3) is 76.5 Å².